The van der Waals surface area contributed by atoms with Crippen LogP contribution in [0, 0.1) is 13.8 Å². The quantitative estimate of drug-likeness (QED) is 0.656. The zero-order valence-electron chi connectivity index (χ0n) is 12.3. The highest BCUT2D eigenvalue weighted by Crippen LogP contribution is 2.18. The standard InChI is InChI=1S/C15H18ClN3O2/c1-10-11(2)18-15(19-14(10)16)17-8-9-21-13-6-4-12(20-3)5-7-13/h4-7H,8-9H2,1-3H3,(H,17,18,19). The summed E-state index contributed by atoms with van der Waals surface area (Å²) in [6.45, 7) is 4.89. The molecule has 6 heteroatoms. The Balaban J connectivity index is 1.81. The third-order valence-electron chi connectivity index (χ3n) is 3.04. The van der Waals surface area contributed by atoms with E-state index in [4.69, 9.17) is 21.1 Å². The van der Waals surface area contributed by atoms with Gasteiger partial charge in [0.15, 0.2) is 0 Å². The Kier molecular flexibility index (Phi) is 5.22. The van der Waals surface area contributed by atoms with Gasteiger partial charge in [-0.05, 0) is 38.1 Å². The molecular weight excluding hydrogens is 290 g/mol. The number of hydrogen-bond acceptors (Lipinski definition) is 5. The smallest absolute Gasteiger partial charge is 0.224 e. The zero-order valence-corrected chi connectivity index (χ0v) is 13.1. The van der Waals surface area contributed by atoms with Crippen LogP contribution in [0.15, 0.2) is 24.3 Å². The highest BCUT2D eigenvalue weighted by Gasteiger charge is 2.05. The number of hydrogen-bond donors (Lipinski definition) is 1. The summed E-state index contributed by atoms with van der Waals surface area (Å²) in [6.07, 6.45) is 0. The average molecular weight is 308 g/mol. The van der Waals surface area contributed by atoms with Crippen molar-refractivity contribution in [3.63, 3.8) is 0 Å². The third-order valence-corrected chi connectivity index (χ3v) is 3.41. The lowest BCUT2D eigenvalue weighted by molar-refractivity contribution is 0.331. The van der Waals surface area contributed by atoms with Crippen LogP contribution in [0.5, 0.6) is 11.5 Å². The van der Waals surface area contributed by atoms with Gasteiger partial charge in [0.05, 0.1) is 13.7 Å². The molecule has 0 aliphatic rings. The topological polar surface area (TPSA) is 56.3 Å². The highest BCUT2D eigenvalue weighted by atomic mass is 35.5. The molecule has 5 nitrogen and oxygen atoms in total. The summed E-state index contributed by atoms with van der Waals surface area (Å²) in [5.74, 6) is 2.11. The molecule has 21 heavy (non-hydrogen) atoms. The summed E-state index contributed by atoms with van der Waals surface area (Å²) in [4.78, 5) is 8.49. The van der Waals surface area contributed by atoms with Crippen LogP contribution in [0.25, 0.3) is 0 Å². The van der Waals surface area contributed by atoms with Crippen LogP contribution in [0.1, 0.15) is 11.3 Å². The lowest BCUT2D eigenvalue weighted by Crippen LogP contribution is -2.14. The van der Waals surface area contributed by atoms with Gasteiger partial charge in [0.2, 0.25) is 5.95 Å². The Morgan fingerprint density at radius 1 is 1.10 bits per heavy atom. The van der Waals surface area contributed by atoms with Gasteiger partial charge < -0.3 is 14.8 Å². The second-order valence-electron chi connectivity index (χ2n) is 4.50. The van der Waals surface area contributed by atoms with Gasteiger partial charge in [0.25, 0.3) is 0 Å². The molecule has 1 aromatic carbocycles. The van der Waals surface area contributed by atoms with Gasteiger partial charge in [0, 0.05) is 11.3 Å². The Bertz CT molecular complexity index is 579. The van der Waals surface area contributed by atoms with Crippen LogP contribution in [-0.2, 0) is 0 Å². The summed E-state index contributed by atoms with van der Waals surface area (Å²) < 4.78 is 10.7. The lowest BCUT2D eigenvalue weighted by Gasteiger charge is -2.09. The fraction of sp³-hybridized carbons (Fsp3) is 0.333. The molecule has 0 saturated carbocycles. The Hall–Kier alpha value is -2.01. The van der Waals surface area contributed by atoms with Crippen molar-refractivity contribution in [3.8, 4) is 11.5 Å². The number of halogens is 1. The van der Waals surface area contributed by atoms with E-state index >= 15 is 0 Å². The van der Waals surface area contributed by atoms with E-state index in [9.17, 15) is 0 Å². The van der Waals surface area contributed by atoms with E-state index < -0.39 is 0 Å². The second-order valence-corrected chi connectivity index (χ2v) is 4.86. The van der Waals surface area contributed by atoms with Gasteiger partial charge in [-0.3, -0.25) is 0 Å². The molecular formula is C15H18ClN3O2. The molecule has 0 radical (unpaired) electrons. The highest BCUT2D eigenvalue weighted by molar-refractivity contribution is 6.30. The van der Waals surface area contributed by atoms with Crippen molar-refractivity contribution in [2.75, 3.05) is 25.6 Å². The SMILES string of the molecule is COc1ccc(OCCNc2nc(C)c(C)c(Cl)n2)cc1. The fourth-order valence-corrected chi connectivity index (χ4v) is 1.89. The lowest BCUT2D eigenvalue weighted by atomic mass is 10.3. The first-order valence-electron chi connectivity index (χ1n) is 6.61. The van der Waals surface area contributed by atoms with Crippen molar-refractivity contribution < 1.29 is 9.47 Å². The number of methoxy groups -OCH3 is 1. The molecule has 2 rings (SSSR count). The number of rotatable bonds is 6. The first kappa shape index (κ1) is 15.4. The molecule has 0 atom stereocenters. The van der Waals surface area contributed by atoms with E-state index in [2.05, 4.69) is 15.3 Å². The van der Waals surface area contributed by atoms with Crippen LogP contribution >= 0.6 is 11.6 Å². The summed E-state index contributed by atoms with van der Waals surface area (Å²) in [7, 11) is 1.63. The second kappa shape index (κ2) is 7.13. The van der Waals surface area contributed by atoms with Crippen molar-refractivity contribution in [1.29, 1.82) is 0 Å². The number of ether oxygens (including phenoxy) is 2. The molecule has 0 bridgehead atoms. The van der Waals surface area contributed by atoms with Crippen LogP contribution in [0.4, 0.5) is 5.95 Å². The number of aryl methyl sites for hydroxylation is 1. The minimum Gasteiger partial charge on any atom is -0.497 e. The zero-order chi connectivity index (χ0) is 15.2. The first-order chi connectivity index (χ1) is 10.1. The molecule has 0 aliphatic heterocycles. The fourth-order valence-electron chi connectivity index (χ4n) is 1.68. The maximum Gasteiger partial charge on any atom is 0.224 e. The van der Waals surface area contributed by atoms with Gasteiger partial charge in [-0.2, -0.15) is 0 Å². The number of benzene rings is 1. The van der Waals surface area contributed by atoms with Crippen molar-refractivity contribution in [3.05, 3.63) is 40.7 Å². The van der Waals surface area contributed by atoms with Crippen molar-refractivity contribution in [2.45, 2.75) is 13.8 Å². The summed E-state index contributed by atoms with van der Waals surface area (Å²) in [5, 5.41) is 3.56. The van der Waals surface area contributed by atoms with Gasteiger partial charge >= 0.3 is 0 Å². The Labute approximate surface area is 129 Å². The van der Waals surface area contributed by atoms with E-state index in [0.717, 1.165) is 22.8 Å². The van der Waals surface area contributed by atoms with Crippen LogP contribution < -0.4 is 14.8 Å². The number of anilines is 1. The maximum atomic E-state index is 6.02. The van der Waals surface area contributed by atoms with Gasteiger partial charge in [-0.25, -0.2) is 9.97 Å². The average Bonchev–Trinajstić information content (AvgIpc) is 2.49. The Morgan fingerprint density at radius 2 is 1.76 bits per heavy atom. The maximum absolute atomic E-state index is 6.02. The molecule has 0 spiro atoms. The molecule has 0 unspecified atom stereocenters. The van der Waals surface area contributed by atoms with E-state index in [0.29, 0.717) is 24.3 Å². The number of aromatic nitrogens is 2. The Morgan fingerprint density at radius 3 is 2.38 bits per heavy atom. The molecule has 2 aromatic rings. The third kappa shape index (κ3) is 4.23. The van der Waals surface area contributed by atoms with Crippen molar-refractivity contribution in [1.82, 2.24) is 9.97 Å². The van der Waals surface area contributed by atoms with Gasteiger partial charge in [0.1, 0.15) is 23.3 Å². The van der Waals surface area contributed by atoms with Crippen molar-refractivity contribution in [2.24, 2.45) is 0 Å². The van der Waals surface area contributed by atoms with E-state index in [1.807, 2.05) is 38.1 Å². The monoisotopic (exact) mass is 307 g/mol. The van der Waals surface area contributed by atoms with Crippen molar-refractivity contribution >= 4 is 17.5 Å². The molecule has 0 saturated heterocycles. The predicted octanol–water partition coefficient (Wildman–Crippen LogP) is 3.25. The van der Waals surface area contributed by atoms with Crippen LogP contribution in [0.2, 0.25) is 5.15 Å². The van der Waals surface area contributed by atoms with Gasteiger partial charge in [-0.15, -0.1) is 0 Å². The van der Waals surface area contributed by atoms with E-state index in [1.54, 1.807) is 7.11 Å². The normalized spacial score (nSPS) is 10.3. The molecule has 0 amide bonds. The largest absolute Gasteiger partial charge is 0.497 e. The van der Waals surface area contributed by atoms with Gasteiger partial charge in [-0.1, -0.05) is 11.6 Å². The molecule has 112 valence electrons. The number of nitrogens with zero attached hydrogens (tertiary/aromatic N) is 2. The molecule has 0 aliphatic carbocycles. The summed E-state index contributed by atoms with van der Waals surface area (Å²) in [5.41, 5.74) is 1.77. The molecule has 1 N–H and O–H groups in total. The number of nitrogens with one attached hydrogen (secondary N) is 1. The minimum atomic E-state index is 0.473. The first-order valence-corrected chi connectivity index (χ1v) is 6.99. The molecule has 1 aromatic heterocycles. The van der Waals surface area contributed by atoms with Crippen LogP contribution in [0.3, 0.4) is 0 Å². The van der Waals surface area contributed by atoms with E-state index in [-0.39, 0.29) is 0 Å². The molecule has 0 fully saturated rings. The minimum absolute atomic E-state index is 0.473. The summed E-state index contributed by atoms with van der Waals surface area (Å²) in [6, 6.07) is 7.44. The van der Waals surface area contributed by atoms with Crippen LogP contribution in [-0.4, -0.2) is 30.2 Å². The van der Waals surface area contributed by atoms with E-state index in [1.165, 1.54) is 0 Å². The predicted molar refractivity (Wildman–Crippen MR) is 83.5 cm³/mol. The molecule has 1 heterocycles. The summed E-state index contributed by atoms with van der Waals surface area (Å²) >= 11 is 6.02.